The summed E-state index contributed by atoms with van der Waals surface area (Å²) in [5.41, 5.74) is 1.35. The van der Waals surface area contributed by atoms with E-state index in [0.717, 1.165) is 13.0 Å². The summed E-state index contributed by atoms with van der Waals surface area (Å²) in [7, 11) is 3.77. The van der Waals surface area contributed by atoms with E-state index in [1.54, 1.807) is 7.11 Å². The van der Waals surface area contributed by atoms with Crippen LogP contribution in [-0.4, -0.2) is 20.8 Å². The molecule has 1 N–H and O–H groups in total. The van der Waals surface area contributed by atoms with E-state index in [-0.39, 0.29) is 0 Å². The topological polar surface area (TPSA) is 21.3 Å². The average molecular weight is 207 g/mol. The molecule has 2 heteroatoms. The third-order valence-corrected chi connectivity index (χ3v) is 2.64. The number of nitrogens with one attached hydrogen (secondary N) is 1. The molecule has 0 aliphatic rings. The highest BCUT2D eigenvalue weighted by atomic mass is 16.5. The van der Waals surface area contributed by atoms with E-state index in [0.29, 0.717) is 12.0 Å². The SMILES string of the molecule is CNC(CC(C)COC)c1ccccc1. The van der Waals surface area contributed by atoms with Gasteiger partial charge < -0.3 is 10.1 Å². The molecule has 2 nitrogen and oxygen atoms in total. The largest absolute Gasteiger partial charge is 0.384 e. The predicted molar refractivity (Wildman–Crippen MR) is 63.9 cm³/mol. The molecule has 84 valence electrons. The van der Waals surface area contributed by atoms with Gasteiger partial charge in [0.1, 0.15) is 0 Å². The summed E-state index contributed by atoms with van der Waals surface area (Å²) >= 11 is 0. The Morgan fingerprint density at radius 3 is 2.47 bits per heavy atom. The first-order valence-electron chi connectivity index (χ1n) is 5.49. The number of ether oxygens (including phenoxy) is 1. The minimum atomic E-state index is 0.427. The Labute approximate surface area is 92.6 Å². The van der Waals surface area contributed by atoms with Crippen molar-refractivity contribution in [1.82, 2.24) is 5.32 Å². The van der Waals surface area contributed by atoms with Gasteiger partial charge in [0.2, 0.25) is 0 Å². The Morgan fingerprint density at radius 1 is 1.27 bits per heavy atom. The van der Waals surface area contributed by atoms with E-state index in [2.05, 4.69) is 42.6 Å². The van der Waals surface area contributed by atoms with Gasteiger partial charge in [0.25, 0.3) is 0 Å². The molecule has 0 saturated heterocycles. The van der Waals surface area contributed by atoms with Crippen LogP contribution in [0.2, 0.25) is 0 Å². The third kappa shape index (κ3) is 4.02. The second-order valence-corrected chi connectivity index (χ2v) is 4.05. The van der Waals surface area contributed by atoms with Gasteiger partial charge in [0.15, 0.2) is 0 Å². The Balaban J connectivity index is 2.56. The molecule has 0 fully saturated rings. The van der Waals surface area contributed by atoms with Crippen LogP contribution in [0.1, 0.15) is 24.9 Å². The molecule has 1 aromatic carbocycles. The van der Waals surface area contributed by atoms with E-state index in [1.165, 1.54) is 5.56 Å². The molecule has 0 radical (unpaired) electrons. The minimum Gasteiger partial charge on any atom is -0.384 e. The molecule has 0 heterocycles. The third-order valence-electron chi connectivity index (χ3n) is 2.64. The molecule has 0 saturated carbocycles. The molecule has 0 aliphatic carbocycles. The Bertz CT molecular complexity index is 260. The maximum absolute atomic E-state index is 5.16. The summed E-state index contributed by atoms with van der Waals surface area (Å²) in [6.07, 6.45) is 1.11. The summed E-state index contributed by atoms with van der Waals surface area (Å²) < 4.78 is 5.16. The quantitative estimate of drug-likeness (QED) is 0.774. The fourth-order valence-corrected chi connectivity index (χ4v) is 1.86. The Kier molecular flexibility index (Phi) is 5.37. The lowest BCUT2D eigenvalue weighted by Crippen LogP contribution is -2.20. The highest BCUT2D eigenvalue weighted by Gasteiger charge is 2.12. The predicted octanol–water partition coefficient (Wildman–Crippen LogP) is 2.62. The molecule has 0 spiro atoms. The molecule has 2 unspecified atom stereocenters. The second kappa shape index (κ2) is 6.59. The van der Waals surface area contributed by atoms with Gasteiger partial charge in [0.05, 0.1) is 0 Å². The van der Waals surface area contributed by atoms with Gasteiger partial charge >= 0.3 is 0 Å². The average Bonchev–Trinajstić information content (AvgIpc) is 2.27. The minimum absolute atomic E-state index is 0.427. The zero-order chi connectivity index (χ0) is 11.1. The molecule has 2 atom stereocenters. The van der Waals surface area contributed by atoms with Crippen LogP contribution in [-0.2, 0) is 4.74 Å². The molecular formula is C13H21NO. The van der Waals surface area contributed by atoms with Crippen LogP contribution >= 0.6 is 0 Å². The lowest BCUT2D eigenvalue weighted by atomic mass is 9.96. The number of hydrogen-bond donors (Lipinski definition) is 1. The van der Waals surface area contributed by atoms with Crippen molar-refractivity contribution < 1.29 is 4.74 Å². The summed E-state index contributed by atoms with van der Waals surface area (Å²) in [6, 6.07) is 11.0. The van der Waals surface area contributed by atoms with E-state index < -0.39 is 0 Å². The number of methoxy groups -OCH3 is 1. The first-order valence-corrected chi connectivity index (χ1v) is 5.49. The monoisotopic (exact) mass is 207 g/mol. The van der Waals surface area contributed by atoms with Crippen LogP contribution in [0.3, 0.4) is 0 Å². The summed E-state index contributed by atoms with van der Waals surface area (Å²) in [5, 5.41) is 3.35. The van der Waals surface area contributed by atoms with Crippen molar-refractivity contribution in [1.29, 1.82) is 0 Å². The van der Waals surface area contributed by atoms with Gasteiger partial charge in [-0.25, -0.2) is 0 Å². The maximum atomic E-state index is 5.16. The van der Waals surface area contributed by atoms with Gasteiger partial charge in [-0.1, -0.05) is 37.3 Å². The van der Waals surface area contributed by atoms with Crippen molar-refractivity contribution in [3.8, 4) is 0 Å². The van der Waals surface area contributed by atoms with Gasteiger partial charge in [0, 0.05) is 19.8 Å². The molecule has 0 aliphatic heterocycles. The second-order valence-electron chi connectivity index (χ2n) is 4.05. The van der Waals surface area contributed by atoms with Crippen LogP contribution < -0.4 is 5.32 Å². The van der Waals surface area contributed by atoms with Gasteiger partial charge in [-0.2, -0.15) is 0 Å². The van der Waals surface area contributed by atoms with E-state index in [9.17, 15) is 0 Å². The maximum Gasteiger partial charge on any atom is 0.0488 e. The molecule has 15 heavy (non-hydrogen) atoms. The van der Waals surface area contributed by atoms with Gasteiger partial charge in [-0.15, -0.1) is 0 Å². The van der Waals surface area contributed by atoms with Crippen molar-refractivity contribution in [2.24, 2.45) is 5.92 Å². The van der Waals surface area contributed by atoms with Crippen molar-refractivity contribution in [3.63, 3.8) is 0 Å². The van der Waals surface area contributed by atoms with Crippen LogP contribution in [0.25, 0.3) is 0 Å². The van der Waals surface area contributed by atoms with Crippen LogP contribution in [0.15, 0.2) is 30.3 Å². The zero-order valence-electron chi connectivity index (χ0n) is 9.86. The van der Waals surface area contributed by atoms with E-state index >= 15 is 0 Å². The normalized spacial score (nSPS) is 14.9. The fourth-order valence-electron chi connectivity index (χ4n) is 1.86. The zero-order valence-corrected chi connectivity index (χ0v) is 9.86. The first-order chi connectivity index (χ1) is 7.27. The van der Waals surface area contributed by atoms with Crippen LogP contribution in [0.4, 0.5) is 0 Å². The first kappa shape index (κ1) is 12.2. The van der Waals surface area contributed by atoms with Crippen molar-refractivity contribution in [3.05, 3.63) is 35.9 Å². The number of rotatable bonds is 6. The van der Waals surface area contributed by atoms with E-state index in [4.69, 9.17) is 4.74 Å². The molecule has 1 rings (SSSR count). The van der Waals surface area contributed by atoms with Crippen molar-refractivity contribution in [2.45, 2.75) is 19.4 Å². The fraction of sp³-hybridized carbons (Fsp3) is 0.538. The van der Waals surface area contributed by atoms with Crippen LogP contribution in [0.5, 0.6) is 0 Å². The highest BCUT2D eigenvalue weighted by Crippen LogP contribution is 2.20. The molecule has 0 aromatic heterocycles. The lowest BCUT2D eigenvalue weighted by Gasteiger charge is -2.20. The van der Waals surface area contributed by atoms with E-state index in [1.807, 2.05) is 7.05 Å². The molecular weight excluding hydrogens is 186 g/mol. The van der Waals surface area contributed by atoms with Crippen molar-refractivity contribution in [2.75, 3.05) is 20.8 Å². The Morgan fingerprint density at radius 2 is 1.93 bits per heavy atom. The summed E-state index contributed by atoms with van der Waals surface area (Å²) in [4.78, 5) is 0. The Hall–Kier alpha value is -0.860. The van der Waals surface area contributed by atoms with Crippen LogP contribution in [0, 0.1) is 5.92 Å². The number of hydrogen-bond acceptors (Lipinski definition) is 2. The highest BCUT2D eigenvalue weighted by molar-refractivity contribution is 5.18. The smallest absolute Gasteiger partial charge is 0.0488 e. The molecule has 0 bridgehead atoms. The summed E-state index contributed by atoms with van der Waals surface area (Å²) in [5.74, 6) is 0.577. The standard InChI is InChI=1S/C13H21NO/c1-11(10-15-3)9-13(14-2)12-7-5-4-6-8-12/h4-8,11,13-14H,9-10H2,1-3H3. The molecule has 0 amide bonds. The molecule has 1 aromatic rings. The van der Waals surface area contributed by atoms with Gasteiger partial charge in [-0.05, 0) is 24.9 Å². The lowest BCUT2D eigenvalue weighted by molar-refractivity contribution is 0.150. The summed E-state index contributed by atoms with van der Waals surface area (Å²) in [6.45, 7) is 3.04. The van der Waals surface area contributed by atoms with Gasteiger partial charge in [-0.3, -0.25) is 0 Å². The number of benzene rings is 1. The van der Waals surface area contributed by atoms with Crippen molar-refractivity contribution >= 4 is 0 Å².